The summed E-state index contributed by atoms with van der Waals surface area (Å²) in [5.74, 6) is 0.650. The van der Waals surface area contributed by atoms with Crippen LogP contribution in [-0.4, -0.2) is 31.4 Å². The summed E-state index contributed by atoms with van der Waals surface area (Å²) in [6.07, 6.45) is 1.79. The highest BCUT2D eigenvalue weighted by molar-refractivity contribution is 9.10. The largest absolute Gasteiger partial charge is 0.492 e. The summed E-state index contributed by atoms with van der Waals surface area (Å²) in [5.41, 5.74) is 2.20. The highest BCUT2D eigenvalue weighted by Gasteiger charge is 2.32. The molecule has 9 heteroatoms. The second-order valence-electron chi connectivity index (χ2n) is 7.45. The van der Waals surface area contributed by atoms with Gasteiger partial charge in [-0.3, -0.25) is 9.36 Å². The van der Waals surface area contributed by atoms with Crippen molar-refractivity contribution in [3.8, 4) is 11.5 Å². The van der Waals surface area contributed by atoms with Crippen LogP contribution in [0.1, 0.15) is 31.0 Å². The summed E-state index contributed by atoms with van der Waals surface area (Å²) in [5, 5.41) is 0. The van der Waals surface area contributed by atoms with E-state index in [2.05, 4.69) is 20.9 Å². The topological polar surface area (TPSA) is 79.1 Å². The Morgan fingerprint density at radius 1 is 1.24 bits per heavy atom. The summed E-state index contributed by atoms with van der Waals surface area (Å²) in [6.45, 7) is 4.12. The van der Waals surface area contributed by atoms with E-state index >= 15 is 0 Å². The molecule has 1 unspecified atom stereocenters. The summed E-state index contributed by atoms with van der Waals surface area (Å²) >= 11 is 4.79. The number of esters is 1. The first-order valence-electron chi connectivity index (χ1n) is 10.6. The van der Waals surface area contributed by atoms with Crippen molar-refractivity contribution in [2.45, 2.75) is 19.9 Å². The average molecular weight is 543 g/mol. The molecular formula is C25H23BrN2O5S. The Morgan fingerprint density at radius 3 is 2.62 bits per heavy atom. The average Bonchev–Trinajstić information content (AvgIpc) is 3.12. The molecule has 176 valence electrons. The van der Waals surface area contributed by atoms with Crippen molar-refractivity contribution in [1.29, 1.82) is 0 Å². The summed E-state index contributed by atoms with van der Waals surface area (Å²) in [6, 6.07) is 12.5. The predicted octanol–water partition coefficient (Wildman–Crippen LogP) is 3.58. The molecule has 2 aromatic carbocycles. The Labute approximate surface area is 208 Å². The SMILES string of the molecule is CCOc1cc(C=c2sc3n(c2=O)C(c2ccccc2)C(C(=O)OC)=C(C)N=3)cc(Br)c1OC. The maximum absolute atomic E-state index is 13.6. The molecule has 0 saturated carbocycles. The van der Waals surface area contributed by atoms with E-state index in [-0.39, 0.29) is 5.56 Å². The highest BCUT2D eigenvalue weighted by Crippen LogP contribution is 2.37. The van der Waals surface area contributed by atoms with E-state index < -0.39 is 12.0 Å². The van der Waals surface area contributed by atoms with Crippen molar-refractivity contribution >= 4 is 39.3 Å². The van der Waals surface area contributed by atoms with Gasteiger partial charge in [-0.1, -0.05) is 41.7 Å². The number of hydrogen-bond donors (Lipinski definition) is 0. The molecule has 2 heterocycles. The fourth-order valence-corrected chi connectivity index (χ4v) is 5.60. The van der Waals surface area contributed by atoms with Crippen molar-refractivity contribution < 1.29 is 19.0 Å². The van der Waals surface area contributed by atoms with Crippen molar-refractivity contribution in [3.63, 3.8) is 0 Å². The molecule has 7 nitrogen and oxygen atoms in total. The molecule has 0 bridgehead atoms. The Balaban J connectivity index is 1.94. The molecular weight excluding hydrogens is 520 g/mol. The Kier molecular flexibility index (Phi) is 7.04. The normalized spacial score (nSPS) is 15.6. The standard InChI is InChI=1S/C25H23BrN2O5S/c1-5-33-18-12-15(11-17(26)22(18)31-3)13-19-23(29)28-21(16-9-7-6-8-10-16)20(24(30)32-4)14(2)27-25(28)34-19/h6-13,21H,5H2,1-4H3. The highest BCUT2D eigenvalue weighted by atomic mass is 79.9. The number of fused-ring (bicyclic) bond motifs is 1. The Morgan fingerprint density at radius 2 is 1.97 bits per heavy atom. The van der Waals surface area contributed by atoms with Gasteiger partial charge in [-0.05, 0) is 59.1 Å². The lowest BCUT2D eigenvalue weighted by Gasteiger charge is -2.24. The van der Waals surface area contributed by atoms with E-state index in [0.717, 1.165) is 11.1 Å². The minimum atomic E-state index is -0.631. The fraction of sp³-hybridized carbons (Fsp3) is 0.240. The Bertz CT molecular complexity index is 1460. The number of hydrogen-bond acceptors (Lipinski definition) is 7. The van der Waals surface area contributed by atoms with E-state index in [1.165, 1.54) is 18.4 Å². The monoisotopic (exact) mass is 542 g/mol. The second-order valence-corrected chi connectivity index (χ2v) is 9.31. The number of methoxy groups -OCH3 is 2. The van der Waals surface area contributed by atoms with Gasteiger partial charge in [0.05, 0.1) is 47.1 Å². The number of nitrogens with zero attached hydrogens (tertiary/aromatic N) is 2. The number of thiazole rings is 1. The molecule has 0 aliphatic carbocycles. The van der Waals surface area contributed by atoms with Gasteiger partial charge in [-0.15, -0.1) is 0 Å². The third kappa shape index (κ3) is 4.33. The summed E-state index contributed by atoms with van der Waals surface area (Å²) in [4.78, 5) is 31.4. The van der Waals surface area contributed by atoms with E-state index in [4.69, 9.17) is 14.2 Å². The first-order chi connectivity index (χ1) is 16.4. The number of carbonyl (C=O) groups is 1. The number of halogens is 1. The smallest absolute Gasteiger partial charge is 0.338 e. The summed E-state index contributed by atoms with van der Waals surface area (Å²) in [7, 11) is 2.90. The number of aromatic nitrogens is 1. The predicted molar refractivity (Wildman–Crippen MR) is 134 cm³/mol. The molecule has 0 N–H and O–H groups in total. The van der Waals surface area contributed by atoms with Crippen molar-refractivity contribution in [2.24, 2.45) is 4.99 Å². The maximum atomic E-state index is 13.6. The molecule has 1 atom stereocenters. The number of carbonyl (C=O) groups excluding carboxylic acids is 1. The van der Waals surface area contributed by atoms with Crippen molar-refractivity contribution in [2.75, 3.05) is 20.8 Å². The van der Waals surface area contributed by atoms with Gasteiger partial charge in [0, 0.05) is 0 Å². The zero-order valence-electron chi connectivity index (χ0n) is 19.1. The van der Waals surface area contributed by atoms with Crippen LogP contribution in [0.15, 0.2) is 68.0 Å². The van der Waals surface area contributed by atoms with Crippen LogP contribution in [0.4, 0.5) is 0 Å². The molecule has 1 aromatic heterocycles. The van der Waals surface area contributed by atoms with Gasteiger partial charge in [0.2, 0.25) is 0 Å². The maximum Gasteiger partial charge on any atom is 0.338 e. The van der Waals surface area contributed by atoms with Gasteiger partial charge >= 0.3 is 5.97 Å². The third-order valence-electron chi connectivity index (χ3n) is 5.38. The molecule has 0 fully saturated rings. The van der Waals surface area contributed by atoms with Crippen molar-refractivity contribution in [3.05, 3.63) is 89.0 Å². The zero-order valence-corrected chi connectivity index (χ0v) is 21.5. The van der Waals surface area contributed by atoms with Gasteiger partial charge in [-0.25, -0.2) is 9.79 Å². The lowest BCUT2D eigenvalue weighted by molar-refractivity contribution is -0.136. The minimum absolute atomic E-state index is 0.239. The molecule has 0 spiro atoms. The number of benzene rings is 2. The van der Waals surface area contributed by atoms with Crippen LogP contribution in [-0.2, 0) is 9.53 Å². The molecule has 1 aliphatic rings. The van der Waals surface area contributed by atoms with Crippen LogP contribution in [0.5, 0.6) is 11.5 Å². The van der Waals surface area contributed by atoms with Gasteiger partial charge in [-0.2, -0.15) is 0 Å². The molecule has 3 aromatic rings. The van der Waals surface area contributed by atoms with Crippen LogP contribution < -0.4 is 24.4 Å². The first-order valence-corrected chi connectivity index (χ1v) is 12.2. The first kappa shape index (κ1) is 24.0. The number of ether oxygens (including phenoxy) is 3. The van der Waals surface area contributed by atoms with E-state index in [1.54, 1.807) is 24.7 Å². The lowest BCUT2D eigenvalue weighted by atomic mass is 9.96. The zero-order chi connectivity index (χ0) is 24.4. The number of rotatable bonds is 6. The van der Waals surface area contributed by atoms with Gasteiger partial charge in [0.25, 0.3) is 5.56 Å². The number of allylic oxidation sites excluding steroid dienone is 1. The molecule has 4 rings (SSSR count). The van der Waals surface area contributed by atoms with E-state index in [9.17, 15) is 9.59 Å². The van der Waals surface area contributed by atoms with Crippen molar-refractivity contribution in [1.82, 2.24) is 4.57 Å². The van der Waals surface area contributed by atoms with Crippen LogP contribution in [0.3, 0.4) is 0 Å². The van der Waals surface area contributed by atoms with Gasteiger partial charge in [0.1, 0.15) is 0 Å². The quantitative estimate of drug-likeness (QED) is 0.445. The fourth-order valence-electron chi connectivity index (χ4n) is 3.93. The van der Waals surface area contributed by atoms with Crippen LogP contribution in [0.2, 0.25) is 0 Å². The van der Waals surface area contributed by atoms with Crippen LogP contribution >= 0.6 is 27.3 Å². The molecule has 34 heavy (non-hydrogen) atoms. The molecule has 0 saturated heterocycles. The van der Waals surface area contributed by atoms with E-state index in [0.29, 0.717) is 43.2 Å². The van der Waals surface area contributed by atoms with Crippen LogP contribution in [0, 0.1) is 0 Å². The van der Waals surface area contributed by atoms with Gasteiger partial charge in [0.15, 0.2) is 16.3 Å². The third-order valence-corrected chi connectivity index (χ3v) is 6.95. The Hall–Kier alpha value is -3.17. The summed E-state index contributed by atoms with van der Waals surface area (Å²) < 4.78 is 18.9. The lowest BCUT2D eigenvalue weighted by Crippen LogP contribution is -2.39. The molecule has 1 aliphatic heterocycles. The van der Waals surface area contributed by atoms with Gasteiger partial charge < -0.3 is 14.2 Å². The molecule has 0 radical (unpaired) electrons. The minimum Gasteiger partial charge on any atom is -0.492 e. The second kappa shape index (κ2) is 9.99. The molecule has 0 amide bonds. The van der Waals surface area contributed by atoms with Crippen LogP contribution in [0.25, 0.3) is 6.08 Å². The van der Waals surface area contributed by atoms with E-state index in [1.807, 2.05) is 49.4 Å².